The molecule has 1 unspecified atom stereocenters. The van der Waals surface area contributed by atoms with Crippen LogP contribution in [0.3, 0.4) is 0 Å². The molecule has 4 rings (SSSR count). The minimum absolute atomic E-state index is 0.174. The van der Waals surface area contributed by atoms with Crippen molar-refractivity contribution in [1.29, 1.82) is 0 Å². The quantitative estimate of drug-likeness (QED) is 0.555. The molecule has 1 aliphatic heterocycles. The molecule has 1 fully saturated rings. The summed E-state index contributed by atoms with van der Waals surface area (Å²) in [4.78, 5) is 30.4. The van der Waals surface area contributed by atoms with Crippen molar-refractivity contribution in [2.24, 2.45) is 0 Å². The Kier molecular flexibility index (Phi) is 7.42. The first-order valence-electron chi connectivity index (χ1n) is 11.4. The van der Waals surface area contributed by atoms with Crippen molar-refractivity contribution in [3.8, 4) is 0 Å². The van der Waals surface area contributed by atoms with Crippen LogP contribution >= 0.6 is 0 Å². The number of anilines is 2. The van der Waals surface area contributed by atoms with E-state index in [0.717, 1.165) is 44.0 Å². The van der Waals surface area contributed by atoms with E-state index < -0.39 is 11.9 Å². The van der Waals surface area contributed by atoms with Crippen LogP contribution in [0.25, 0.3) is 0 Å². The van der Waals surface area contributed by atoms with Gasteiger partial charge in [-0.3, -0.25) is 9.59 Å². The highest BCUT2D eigenvalue weighted by Crippen LogP contribution is 2.20. The van der Waals surface area contributed by atoms with E-state index >= 15 is 0 Å². The zero-order valence-corrected chi connectivity index (χ0v) is 18.9. The maximum atomic E-state index is 13.1. The fraction of sp³-hybridized carbons (Fsp3) is 0.308. The standard InChI is InChI=1S/C26H30N4O3/c1-2-29-14-16-30(17-15-29)22-12-10-21(11-13-22)27-25(31)23(19-20-7-4-3-5-8-20)28-26(32)24-9-6-18-33-24/h3-13,18,23H,2,14-17,19H2,1H3,(H,27,31)(H,28,32). The van der Waals surface area contributed by atoms with Gasteiger partial charge in [0.25, 0.3) is 5.91 Å². The topological polar surface area (TPSA) is 77.8 Å². The van der Waals surface area contributed by atoms with Crippen molar-refractivity contribution in [2.75, 3.05) is 42.9 Å². The lowest BCUT2D eigenvalue weighted by molar-refractivity contribution is -0.118. The van der Waals surface area contributed by atoms with Crippen LogP contribution < -0.4 is 15.5 Å². The summed E-state index contributed by atoms with van der Waals surface area (Å²) in [7, 11) is 0. The summed E-state index contributed by atoms with van der Waals surface area (Å²) in [5, 5.41) is 5.75. The first kappa shape index (κ1) is 22.6. The van der Waals surface area contributed by atoms with Gasteiger partial charge in [0.2, 0.25) is 5.91 Å². The summed E-state index contributed by atoms with van der Waals surface area (Å²) in [6.45, 7) is 7.39. The Balaban J connectivity index is 1.41. The molecule has 0 saturated carbocycles. The van der Waals surface area contributed by atoms with E-state index in [0.29, 0.717) is 12.1 Å². The third kappa shape index (κ3) is 6.02. The maximum Gasteiger partial charge on any atom is 0.287 e. The van der Waals surface area contributed by atoms with Gasteiger partial charge in [0.05, 0.1) is 6.26 Å². The monoisotopic (exact) mass is 446 g/mol. The van der Waals surface area contributed by atoms with Gasteiger partial charge < -0.3 is 24.9 Å². The third-order valence-electron chi connectivity index (χ3n) is 5.97. The van der Waals surface area contributed by atoms with Crippen LogP contribution in [-0.4, -0.2) is 55.5 Å². The number of carbonyl (C=O) groups excluding carboxylic acids is 2. The van der Waals surface area contributed by atoms with E-state index in [1.54, 1.807) is 12.1 Å². The molecule has 2 aromatic carbocycles. The van der Waals surface area contributed by atoms with Crippen LogP contribution in [0, 0.1) is 0 Å². The minimum Gasteiger partial charge on any atom is -0.459 e. The van der Waals surface area contributed by atoms with Crippen LogP contribution in [0.15, 0.2) is 77.4 Å². The number of hydrogen-bond acceptors (Lipinski definition) is 5. The zero-order valence-electron chi connectivity index (χ0n) is 18.9. The average Bonchev–Trinajstić information content (AvgIpc) is 3.40. The van der Waals surface area contributed by atoms with Crippen LogP contribution in [0.1, 0.15) is 23.0 Å². The highest BCUT2D eigenvalue weighted by atomic mass is 16.3. The fourth-order valence-corrected chi connectivity index (χ4v) is 4.00. The molecule has 0 aliphatic carbocycles. The summed E-state index contributed by atoms with van der Waals surface area (Å²) in [5.74, 6) is -0.519. The largest absolute Gasteiger partial charge is 0.459 e. The van der Waals surface area contributed by atoms with Crippen molar-refractivity contribution in [2.45, 2.75) is 19.4 Å². The number of likely N-dealkylation sites (N-methyl/N-ethyl adjacent to an activating group) is 1. The molecule has 7 nitrogen and oxygen atoms in total. The van der Waals surface area contributed by atoms with Crippen molar-refractivity contribution in [3.05, 3.63) is 84.3 Å². The average molecular weight is 447 g/mol. The second-order valence-corrected chi connectivity index (χ2v) is 8.15. The van der Waals surface area contributed by atoms with Gasteiger partial charge in [0.15, 0.2) is 5.76 Å². The van der Waals surface area contributed by atoms with Crippen molar-refractivity contribution in [3.63, 3.8) is 0 Å². The lowest BCUT2D eigenvalue weighted by Gasteiger charge is -2.35. The predicted octanol–water partition coefficient (Wildman–Crippen LogP) is 3.40. The molecule has 1 atom stereocenters. The number of benzene rings is 2. The van der Waals surface area contributed by atoms with Crippen molar-refractivity contribution >= 4 is 23.2 Å². The third-order valence-corrected chi connectivity index (χ3v) is 5.97. The summed E-state index contributed by atoms with van der Waals surface area (Å²) < 4.78 is 5.18. The van der Waals surface area contributed by atoms with E-state index in [9.17, 15) is 9.59 Å². The SMILES string of the molecule is CCN1CCN(c2ccc(NC(=O)C(Cc3ccccc3)NC(=O)c3ccco3)cc2)CC1. The first-order chi connectivity index (χ1) is 16.1. The molecule has 0 bridgehead atoms. The Hall–Kier alpha value is -3.58. The molecule has 0 spiro atoms. The van der Waals surface area contributed by atoms with Gasteiger partial charge in [0, 0.05) is 44.0 Å². The Morgan fingerprint density at radius 2 is 1.67 bits per heavy atom. The van der Waals surface area contributed by atoms with Crippen molar-refractivity contribution in [1.82, 2.24) is 10.2 Å². The van der Waals surface area contributed by atoms with Crippen molar-refractivity contribution < 1.29 is 14.0 Å². The number of nitrogens with one attached hydrogen (secondary N) is 2. The van der Waals surface area contributed by atoms with Gasteiger partial charge in [-0.1, -0.05) is 37.3 Å². The van der Waals surface area contributed by atoms with E-state index in [-0.39, 0.29) is 11.7 Å². The Bertz CT molecular complexity index is 1030. The molecule has 1 aliphatic rings. The number of furan rings is 1. The van der Waals surface area contributed by atoms with E-state index in [1.165, 1.54) is 6.26 Å². The van der Waals surface area contributed by atoms with Gasteiger partial charge in [-0.2, -0.15) is 0 Å². The molecule has 2 amide bonds. The number of nitrogens with zero attached hydrogens (tertiary/aromatic N) is 2. The number of rotatable bonds is 8. The summed E-state index contributed by atoms with van der Waals surface area (Å²) in [6.07, 6.45) is 1.81. The smallest absolute Gasteiger partial charge is 0.287 e. The Morgan fingerprint density at radius 1 is 0.939 bits per heavy atom. The Labute approximate surface area is 194 Å². The van der Waals surface area contributed by atoms with Gasteiger partial charge in [0.1, 0.15) is 6.04 Å². The van der Waals surface area contributed by atoms with Gasteiger partial charge >= 0.3 is 0 Å². The highest BCUT2D eigenvalue weighted by molar-refractivity contribution is 6.00. The molecule has 33 heavy (non-hydrogen) atoms. The van der Waals surface area contributed by atoms with Gasteiger partial charge in [-0.25, -0.2) is 0 Å². The minimum atomic E-state index is -0.744. The summed E-state index contributed by atoms with van der Waals surface area (Å²) in [6, 6.07) is 20.0. The zero-order chi connectivity index (χ0) is 23.0. The molecule has 1 saturated heterocycles. The number of amides is 2. The van der Waals surface area contributed by atoms with Crippen LogP contribution in [0.5, 0.6) is 0 Å². The molecular weight excluding hydrogens is 416 g/mol. The molecule has 172 valence electrons. The number of piperazine rings is 1. The molecular formula is C26H30N4O3. The normalized spacial score (nSPS) is 15.1. The lowest BCUT2D eigenvalue weighted by Crippen LogP contribution is -2.46. The van der Waals surface area contributed by atoms with Gasteiger partial charge in [-0.05, 0) is 48.5 Å². The van der Waals surface area contributed by atoms with E-state index in [4.69, 9.17) is 4.42 Å². The lowest BCUT2D eigenvalue weighted by atomic mass is 10.0. The van der Waals surface area contributed by atoms with Crippen LogP contribution in [0.2, 0.25) is 0 Å². The predicted molar refractivity (Wildman–Crippen MR) is 130 cm³/mol. The maximum absolute atomic E-state index is 13.1. The second-order valence-electron chi connectivity index (χ2n) is 8.15. The molecule has 2 N–H and O–H groups in total. The van der Waals surface area contributed by atoms with E-state index in [1.807, 2.05) is 54.6 Å². The van der Waals surface area contributed by atoms with Crippen LogP contribution in [0.4, 0.5) is 11.4 Å². The molecule has 7 heteroatoms. The van der Waals surface area contributed by atoms with E-state index in [2.05, 4.69) is 27.4 Å². The number of hydrogen-bond donors (Lipinski definition) is 2. The first-order valence-corrected chi connectivity index (χ1v) is 11.4. The molecule has 1 aromatic heterocycles. The molecule has 3 aromatic rings. The van der Waals surface area contributed by atoms with Gasteiger partial charge in [-0.15, -0.1) is 0 Å². The summed E-state index contributed by atoms with van der Waals surface area (Å²) >= 11 is 0. The van der Waals surface area contributed by atoms with Crippen LogP contribution in [-0.2, 0) is 11.2 Å². The summed E-state index contributed by atoms with van der Waals surface area (Å²) in [5.41, 5.74) is 2.80. The highest BCUT2D eigenvalue weighted by Gasteiger charge is 2.23. The Morgan fingerprint density at radius 3 is 2.30 bits per heavy atom. The molecule has 0 radical (unpaired) electrons. The molecule has 2 heterocycles. The number of carbonyl (C=O) groups is 2. The fourth-order valence-electron chi connectivity index (χ4n) is 4.00. The second kappa shape index (κ2) is 10.8.